The van der Waals surface area contributed by atoms with Crippen LogP contribution in [0.3, 0.4) is 0 Å². The van der Waals surface area contributed by atoms with Gasteiger partial charge in [0.1, 0.15) is 5.82 Å². The van der Waals surface area contributed by atoms with E-state index in [4.69, 9.17) is 23.1 Å². The lowest BCUT2D eigenvalue weighted by molar-refractivity contribution is 0.771. The highest BCUT2D eigenvalue weighted by molar-refractivity contribution is 6.31. The molecule has 0 aliphatic carbocycles. The molecule has 1 atom stereocenters. The first kappa shape index (κ1) is 17.7. The Morgan fingerprint density at radius 2 is 2.12 bits per heavy atom. The molecule has 1 rings (SSSR count). The number of nitrogen functional groups attached to an aromatic ring is 1. The largest absolute Gasteiger partial charge is 0.384 e. The smallest absolute Gasteiger partial charge is 0.124 e. The Balaban J connectivity index is 0. The van der Waals surface area contributed by atoms with Crippen LogP contribution >= 0.6 is 36.4 Å². The third kappa shape index (κ3) is 6.04. The van der Waals surface area contributed by atoms with Crippen LogP contribution in [0.4, 0.5) is 5.82 Å². The minimum Gasteiger partial charge on any atom is -0.384 e. The summed E-state index contributed by atoms with van der Waals surface area (Å²) in [5, 5.41) is 0.523. The van der Waals surface area contributed by atoms with E-state index in [0.717, 1.165) is 0 Å². The molecule has 0 fully saturated rings. The second-order valence-corrected chi connectivity index (χ2v) is 3.48. The Morgan fingerprint density at radius 3 is 2.62 bits per heavy atom. The van der Waals surface area contributed by atoms with E-state index in [1.54, 1.807) is 12.3 Å². The van der Waals surface area contributed by atoms with E-state index in [-0.39, 0.29) is 30.9 Å². The average Bonchev–Trinajstić information content (AvgIpc) is 2.08. The third-order valence-electron chi connectivity index (χ3n) is 1.52. The van der Waals surface area contributed by atoms with E-state index < -0.39 is 0 Å². The van der Waals surface area contributed by atoms with Crippen molar-refractivity contribution < 1.29 is 0 Å². The number of hydrogen-bond donors (Lipinski definition) is 2. The van der Waals surface area contributed by atoms with E-state index in [1.807, 2.05) is 6.92 Å². The third-order valence-corrected chi connectivity index (χ3v) is 1.83. The standard InChI is InChI=1S/C10H12ClN3.2ClH/c1-7(12)3-2-4-8-6-14-10(13)5-9(8)11;;/h5-7H,3,12H2,1H3,(H2,13,14);2*1H/t7-;;/m0../s1. The van der Waals surface area contributed by atoms with E-state index in [0.29, 0.717) is 22.8 Å². The normalized spacial score (nSPS) is 10.2. The van der Waals surface area contributed by atoms with Gasteiger partial charge in [-0.1, -0.05) is 23.4 Å². The highest BCUT2D eigenvalue weighted by atomic mass is 35.5. The number of rotatable bonds is 1. The molecule has 0 radical (unpaired) electrons. The maximum Gasteiger partial charge on any atom is 0.124 e. The van der Waals surface area contributed by atoms with Crippen LogP contribution in [-0.4, -0.2) is 11.0 Å². The summed E-state index contributed by atoms with van der Waals surface area (Å²) in [4.78, 5) is 3.90. The monoisotopic (exact) mass is 281 g/mol. The van der Waals surface area contributed by atoms with Crippen LogP contribution in [0.2, 0.25) is 5.02 Å². The van der Waals surface area contributed by atoms with Crippen molar-refractivity contribution >= 4 is 42.2 Å². The molecule has 0 aliphatic heterocycles. The fraction of sp³-hybridized carbons (Fsp3) is 0.300. The zero-order valence-electron chi connectivity index (χ0n) is 8.74. The number of nitrogens with two attached hydrogens (primary N) is 2. The molecule has 0 saturated carbocycles. The SMILES string of the molecule is C[C@H](N)CC#Cc1cnc(N)cc1Cl.Cl.Cl. The van der Waals surface area contributed by atoms with Gasteiger partial charge in [0, 0.05) is 24.7 Å². The number of aromatic nitrogens is 1. The van der Waals surface area contributed by atoms with Crippen LogP contribution in [0.5, 0.6) is 0 Å². The summed E-state index contributed by atoms with van der Waals surface area (Å²) in [5.41, 5.74) is 11.7. The molecule has 90 valence electrons. The topological polar surface area (TPSA) is 64.9 Å². The van der Waals surface area contributed by atoms with Gasteiger partial charge in [-0.25, -0.2) is 4.98 Å². The van der Waals surface area contributed by atoms with Gasteiger partial charge in [-0.3, -0.25) is 0 Å². The van der Waals surface area contributed by atoms with E-state index in [2.05, 4.69) is 16.8 Å². The molecule has 0 bridgehead atoms. The van der Waals surface area contributed by atoms with Gasteiger partial charge < -0.3 is 11.5 Å². The summed E-state index contributed by atoms with van der Waals surface area (Å²) in [7, 11) is 0. The minimum atomic E-state index is 0. The first-order valence-electron chi connectivity index (χ1n) is 4.25. The molecule has 1 aromatic heterocycles. The number of nitrogens with zero attached hydrogens (tertiary/aromatic N) is 1. The zero-order chi connectivity index (χ0) is 10.6. The molecule has 0 unspecified atom stereocenters. The van der Waals surface area contributed by atoms with Crippen molar-refractivity contribution in [2.75, 3.05) is 5.73 Å². The van der Waals surface area contributed by atoms with Gasteiger partial charge >= 0.3 is 0 Å². The van der Waals surface area contributed by atoms with Crippen molar-refractivity contribution in [3.05, 3.63) is 22.8 Å². The fourth-order valence-electron chi connectivity index (χ4n) is 0.845. The van der Waals surface area contributed by atoms with Crippen molar-refractivity contribution in [3.8, 4) is 11.8 Å². The molecule has 4 N–H and O–H groups in total. The number of pyridine rings is 1. The predicted molar refractivity (Wildman–Crippen MR) is 73.3 cm³/mol. The van der Waals surface area contributed by atoms with Crippen molar-refractivity contribution in [3.63, 3.8) is 0 Å². The van der Waals surface area contributed by atoms with Crippen molar-refractivity contribution in [2.24, 2.45) is 5.73 Å². The molecule has 0 aromatic carbocycles. The Labute approximate surface area is 113 Å². The van der Waals surface area contributed by atoms with Crippen LogP contribution in [0.1, 0.15) is 18.9 Å². The van der Waals surface area contributed by atoms with E-state index >= 15 is 0 Å². The Hall–Kier alpha value is -0.660. The van der Waals surface area contributed by atoms with Crippen molar-refractivity contribution in [1.29, 1.82) is 0 Å². The molecule has 0 spiro atoms. The van der Waals surface area contributed by atoms with Gasteiger partial charge in [0.2, 0.25) is 0 Å². The molecule has 1 aromatic rings. The first-order valence-corrected chi connectivity index (χ1v) is 4.63. The van der Waals surface area contributed by atoms with E-state index in [9.17, 15) is 0 Å². The highest BCUT2D eigenvalue weighted by Crippen LogP contribution is 2.15. The molecule has 6 heteroatoms. The molecule has 16 heavy (non-hydrogen) atoms. The van der Waals surface area contributed by atoms with Crippen LogP contribution in [-0.2, 0) is 0 Å². The summed E-state index contributed by atoms with van der Waals surface area (Å²) in [6, 6.07) is 1.65. The predicted octanol–water partition coefficient (Wildman–Crippen LogP) is 2.25. The molecule has 1 heterocycles. The maximum absolute atomic E-state index is 5.89. The summed E-state index contributed by atoms with van der Waals surface area (Å²) < 4.78 is 0. The lowest BCUT2D eigenvalue weighted by Gasteiger charge is -1.97. The Bertz CT molecular complexity index is 383. The molecule has 0 saturated heterocycles. The van der Waals surface area contributed by atoms with Gasteiger partial charge in [-0.15, -0.1) is 24.8 Å². The van der Waals surface area contributed by atoms with Crippen LogP contribution in [0.15, 0.2) is 12.3 Å². The van der Waals surface area contributed by atoms with Gasteiger partial charge in [-0.2, -0.15) is 0 Å². The summed E-state index contributed by atoms with van der Waals surface area (Å²) in [6.07, 6.45) is 2.20. The van der Waals surface area contributed by atoms with Gasteiger partial charge in [0.05, 0.1) is 10.6 Å². The summed E-state index contributed by atoms with van der Waals surface area (Å²) in [6.45, 7) is 1.90. The quantitative estimate of drug-likeness (QED) is 0.777. The van der Waals surface area contributed by atoms with Crippen LogP contribution in [0.25, 0.3) is 0 Å². The van der Waals surface area contributed by atoms with E-state index in [1.165, 1.54) is 0 Å². The molecular formula is C10H14Cl3N3. The molecule has 0 amide bonds. The summed E-state index contributed by atoms with van der Waals surface area (Å²) in [5.74, 6) is 6.21. The van der Waals surface area contributed by atoms with Gasteiger partial charge in [0.25, 0.3) is 0 Å². The lowest BCUT2D eigenvalue weighted by atomic mass is 10.2. The average molecular weight is 283 g/mol. The second kappa shape index (κ2) is 8.49. The molecular weight excluding hydrogens is 268 g/mol. The number of hydrogen-bond acceptors (Lipinski definition) is 3. The number of anilines is 1. The van der Waals surface area contributed by atoms with Gasteiger partial charge in [-0.05, 0) is 6.92 Å². The Morgan fingerprint density at radius 1 is 1.50 bits per heavy atom. The maximum atomic E-state index is 5.89. The first-order chi connectivity index (χ1) is 6.59. The lowest BCUT2D eigenvalue weighted by Crippen LogP contribution is -2.12. The minimum absolute atomic E-state index is 0. The molecule has 3 nitrogen and oxygen atoms in total. The van der Waals surface area contributed by atoms with Crippen molar-refractivity contribution in [1.82, 2.24) is 4.98 Å². The highest BCUT2D eigenvalue weighted by Gasteiger charge is 1.97. The number of halogens is 3. The Kier molecular flexibility index (Phi) is 9.40. The van der Waals surface area contributed by atoms with Crippen LogP contribution in [0, 0.1) is 11.8 Å². The second-order valence-electron chi connectivity index (χ2n) is 3.07. The van der Waals surface area contributed by atoms with Gasteiger partial charge in [0.15, 0.2) is 0 Å². The fourth-order valence-corrected chi connectivity index (χ4v) is 1.05. The zero-order valence-corrected chi connectivity index (χ0v) is 11.1. The van der Waals surface area contributed by atoms with Crippen LogP contribution < -0.4 is 11.5 Å². The van der Waals surface area contributed by atoms with Crippen molar-refractivity contribution in [2.45, 2.75) is 19.4 Å². The molecule has 0 aliphatic rings. The summed E-state index contributed by atoms with van der Waals surface area (Å²) >= 11 is 5.89.